The smallest absolute Gasteiger partial charge is 0.103 e. The van der Waals surface area contributed by atoms with E-state index in [4.69, 9.17) is 11.6 Å². The molecule has 0 aliphatic heterocycles. The molecule has 154 valence electrons. The van der Waals surface area contributed by atoms with Crippen molar-refractivity contribution in [2.24, 2.45) is 0 Å². The molecule has 1 unspecified atom stereocenters. The number of benzene rings is 3. The van der Waals surface area contributed by atoms with Crippen molar-refractivity contribution in [3.05, 3.63) is 108 Å². The molecular formula is C25H30Cl2N2. The standard InChI is InChI=1S/C25H29ClN2.ClH/c26-16-17-27(20-23-10-4-1-5-11-23)18-19-28(21-24-12-6-2-7-13-24)22-25-14-8-3-9-15-25;/h1-15H,16-22H2;1H. The van der Waals surface area contributed by atoms with Crippen molar-refractivity contribution >= 4 is 11.6 Å². The number of hydrogen-bond donors (Lipinski definition) is 1. The second kappa shape index (κ2) is 13.4. The van der Waals surface area contributed by atoms with Crippen molar-refractivity contribution in [1.82, 2.24) is 4.90 Å². The molecule has 0 bridgehead atoms. The third-order valence-corrected chi connectivity index (χ3v) is 5.21. The largest absolute Gasteiger partial charge is 1.00 e. The lowest BCUT2D eigenvalue weighted by Gasteiger charge is -2.26. The van der Waals surface area contributed by atoms with Gasteiger partial charge < -0.3 is 17.3 Å². The quantitative estimate of drug-likeness (QED) is 0.448. The van der Waals surface area contributed by atoms with E-state index in [1.54, 1.807) is 0 Å². The summed E-state index contributed by atoms with van der Waals surface area (Å²) in [6.07, 6.45) is 0. The highest BCUT2D eigenvalue weighted by Gasteiger charge is 2.13. The summed E-state index contributed by atoms with van der Waals surface area (Å²) in [7, 11) is 0. The number of alkyl halides is 1. The first-order valence-corrected chi connectivity index (χ1v) is 10.6. The van der Waals surface area contributed by atoms with Crippen LogP contribution in [0.5, 0.6) is 0 Å². The van der Waals surface area contributed by atoms with Crippen molar-refractivity contribution in [1.29, 1.82) is 0 Å². The normalized spacial score (nSPS) is 11.8. The molecule has 0 fully saturated rings. The molecule has 1 atom stereocenters. The summed E-state index contributed by atoms with van der Waals surface area (Å²) >= 11 is 6.10. The van der Waals surface area contributed by atoms with E-state index in [-0.39, 0.29) is 12.4 Å². The summed E-state index contributed by atoms with van der Waals surface area (Å²) in [6.45, 7) is 6.08. The van der Waals surface area contributed by atoms with Gasteiger partial charge in [-0.3, -0.25) is 4.90 Å². The van der Waals surface area contributed by atoms with Gasteiger partial charge in [-0.25, -0.2) is 0 Å². The maximum Gasteiger partial charge on any atom is 0.103 e. The second-order valence-electron chi connectivity index (χ2n) is 7.28. The molecule has 0 spiro atoms. The molecule has 0 amide bonds. The van der Waals surface area contributed by atoms with Gasteiger partial charge in [0.1, 0.15) is 6.54 Å². The van der Waals surface area contributed by atoms with Crippen LogP contribution in [0.2, 0.25) is 0 Å². The average molecular weight is 429 g/mol. The molecule has 0 aliphatic carbocycles. The Bertz CT molecular complexity index is 740. The van der Waals surface area contributed by atoms with E-state index in [1.807, 2.05) is 0 Å². The third kappa shape index (κ3) is 8.59. The zero-order chi connectivity index (χ0) is 19.4. The minimum absolute atomic E-state index is 0. The minimum Gasteiger partial charge on any atom is -1.00 e. The Morgan fingerprint density at radius 2 is 1.07 bits per heavy atom. The van der Waals surface area contributed by atoms with E-state index in [1.165, 1.54) is 21.6 Å². The number of halogens is 2. The minimum atomic E-state index is 0. The Morgan fingerprint density at radius 1 is 0.621 bits per heavy atom. The SMILES string of the molecule is ClCC[NH+](CCN(Cc1ccccc1)Cc1ccccc1)Cc1ccccc1.[Cl-]. The monoisotopic (exact) mass is 428 g/mol. The maximum absolute atomic E-state index is 6.10. The molecule has 0 heterocycles. The van der Waals surface area contributed by atoms with E-state index in [0.29, 0.717) is 5.88 Å². The Balaban J connectivity index is 0.00000300. The fourth-order valence-electron chi connectivity index (χ4n) is 3.53. The van der Waals surface area contributed by atoms with Crippen molar-refractivity contribution in [3.8, 4) is 0 Å². The van der Waals surface area contributed by atoms with Crippen LogP contribution in [0.3, 0.4) is 0 Å². The molecule has 29 heavy (non-hydrogen) atoms. The zero-order valence-electron chi connectivity index (χ0n) is 16.8. The molecule has 3 aromatic rings. The first-order chi connectivity index (χ1) is 13.8. The van der Waals surface area contributed by atoms with Gasteiger partial charge in [-0.2, -0.15) is 0 Å². The molecule has 0 aromatic heterocycles. The average Bonchev–Trinajstić information content (AvgIpc) is 2.74. The molecule has 1 N–H and O–H groups in total. The van der Waals surface area contributed by atoms with Crippen molar-refractivity contribution in [2.45, 2.75) is 19.6 Å². The van der Waals surface area contributed by atoms with Gasteiger partial charge in [0.15, 0.2) is 0 Å². The summed E-state index contributed by atoms with van der Waals surface area (Å²) in [5.74, 6) is 0.694. The Morgan fingerprint density at radius 3 is 1.52 bits per heavy atom. The lowest BCUT2D eigenvalue weighted by Crippen LogP contribution is -3.11. The van der Waals surface area contributed by atoms with Crippen LogP contribution in [-0.2, 0) is 19.6 Å². The molecule has 4 heteroatoms. The highest BCUT2D eigenvalue weighted by atomic mass is 35.5. The van der Waals surface area contributed by atoms with E-state index < -0.39 is 0 Å². The summed E-state index contributed by atoms with van der Waals surface area (Å²) < 4.78 is 0. The van der Waals surface area contributed by atoms with Crippen LogP contribution in [0, 0.1) is 0 Å². The summed E-state index contributed by atoms with van der Waals surface area (Å²) in [5.41, 5.74) is 4.10. The fourth-order valence-corrected chi connectivity index (χ4v) is 3.80. The van der Waals surface area contributed by atoms with Crippen LogP contribution in [0.25, 0.3) is 0 Å². The zero-order valence-corrected chi connectivity index (χ0v) is 18.3. The summed E-state index contributed by atoms with van der Waals surface area (Å²) in [5, 5.41) is 0. The Labute approximate surface area is 186 Å². The molecule has 0 saturated heterocycles. The van der Waals surface area contributed by atoms with Crippen LogP contribution in [-0.4, -0.2) is 30.4 Å². The van der Waals surface area contributed by atoms with Gasteiger partial charge in [0.05, 0.1) is 19.0 Å². The predicted octanol–water partition coefficient (Wildman–Crippen LogP) is 1.02. The van der Waals surface area contributed by atoms with E-state index in [0.717, 1.165) is 39.3 Å². The maximum atomic E-state index is 6.10. The molecular weight excluding hydrogens is 399 g/mol. The van der Waals surface area contributed by atoms with Gasteiger partial charge in [-0.1, -0.05) is 91.0 Å². The van der Waals surface area contributed by atoms with Crippen molar-refractivity contribution in [2.75, 3.05) is 25.5 Å². The Hall–Kier alpha value is -1.84. The van der Waals surface area contributed by atoms with Gasteiger partial charge in [-0.15, -0.1) is 11.6 Å². The number of quaternary nitrogens is 1. The number of nitrogens with zero attached hydrogens (tertiary/aromatic N) is 1. The summed E-state index contributed by atoms with van der Waals surface area (Å²) in [6, 6.07) is 32.2. The third-order valence-electron chi connectivity index (χ3n) is 5.02. The molecule has 0 aliphatic rings. The van der Waals surface area contributed by atoms with Crippen LogP contribution in [0.15, 0.2) is 91.0 Å². The second-order valence-corrected chi connectivity index (χ2v) is 7.66. The summed E-state index contributed by atoms with van der Waals surface area (Å²) in [4.78, 5) is 4.08. The van der Waals surface area contributed by atoms with Gasteiger partial charge in [0.25, 0.3) is 0 Å². The van der Waals surface area contributed by atoms with E-state index in [9.17, 15) is 0 Å². The van der Waals surface area contributed by atoms with Gasteiger partial charge in [-0.05, 0) is 11.1 Å². The van der Waals surface area contributed by atoms with Crippen LogP contribution in [0.4, 0.5) is 0 Å². The van der Waals surface area contributed by atoms with Crippen molar-refractivity contribution in [3.63, 3.8) is 0 Å². The van der Waals surface area contributed by atoms with E-state index in [2.05, 4.69) is 95.9 Å². The first kappa shape index (κ1) is 23.4. The number of rotatable bonds is 11. The highest BCUT2D eigenvalue weighted by Crippen LogP contribution is 2.09. The molecule has 0 saturated carbocycles. The van der Waals surface area contributed by atoms with Crippen LogP contribution in [0.1, 0.15) is 16.7 Å². The molecule has 0 radical (unpaired) electrons. The lowest BCUT2D eigenvalue weighted by molar-refractivity contribution is -0.911. The first-order valence-electron chi connectivity index (χ1n) is 10.1. The fraction of sp³-hybridized carbons (Fsp3) is 0.280. The van der Waals surface area contributed by atoms with Gasteiger partial charge in [0.2, 0.25) is 0 Å². The molecule has 2 nitrogen and oxygen atoms in total. The van der Waals surface area contributed by atoms with E-state index >= 15 is 0 Å². The van der Waals surface area contributed by atoms with Crippen LogP contribution < -0.4 is 17.3 Å². The topological polar surface area (TPSA) is 7.68 Å². The molecule has 3 rings (SSSR count). The van der Waals surface area contributed by atoms with Crippen LogP contribution >= 0.6 is 11.6 Å². The number of hydrogen-bond acceptors (Lipinski definition) is 1. The Kier molecular flexibility index (Phi) is 10.8. The van der Waals surface area contributed by atoms with Gasteiger partial charge in [0, 0.05) is 25.2 Å². The molecule has 3 aromatic carbocycles. The lowest BCUT2D eigenvalue weighted by atomic mass is 10.1. The van der Waals surface area contributed by atoms with Crippen molar-refractivity contribution < 1.29 is 17.3 Å². The predicted molar refractivity (Wildman–Crippen MR) is 119 cm³/mol. The number of nitrogens with one attached hydrogen (secondary N) is 1. The van der Waals surface area contributed by atoms with Gasteiger partial charge >= 0.3 is 0 Å². The highest BCUT2D eigenvalue weighted by molar-refractivity contribution is 6.17.